The van der Waals surface area contributed by atoms with Crippen molar-refractivity contribution in [1.29, 1.82) is 0 Å². The van der Waals surface area contributed by atoms with E-state index >= 15 is 0 Å². The van der Waals surface area contributed by atoms with Crippen molar-refractivity contribution in [1.82, 2.24) is 0 Å². The fraction of sp³-hybridized carbons (Fsp3) is 0.881. The number of aliphatic carboxylic acids is 1. The van der Waals surface area contributed by atoms with Gasteiger partial charge in [-0.15, -0.1) is 0 Å². The summed E-state index contributed by atoms with van der Waals surface area (Å²) in [6.07, 6.45) is -30.6. The minimum Gasteiger partial charge on any atom is -0.479 e. The average Bonchev–Trinajstić information content (AvgIpc) is 0.712. The monoisotopic (exact) mass is 1220 g/mol. The van der Waals surface area contributed by atoms with E-state index in [1.807, 2.05) is 27.7 Å². The Morgan fingerprint density at radius 3 is 1.89 bits per heavy atom. The summed E-state index contributed by atoms with van der Waals surface area (Å²) in [5.74, 6) is -3.55. The van der Waals surface area contributed by atoms with Gasteiger partial charge in [0.15, 0.2) is 31.3 Å². The standard InChI is InChI=1S/C59H92O26/c1-11-24(2)49(75)85-46-47(78-25(3)62)59(23-61)27(18-54(46,4)5)26-12-13-32-56(8)16-15-34(55(6,7)31(56)14-17-57(32,9)58(26,10)19-33(59)65)80-53-45(84-51-40(71)38(69)37(68)30(20-60)79-51)42(41(72)43(82-53)48(73)74)81-52-44(36(67)29(64)22-77-52)83-50-39(70)35(66)28(63)21-76-50/h11-12,27-47,50-53,60-61,63-72H,13-23H2,1-10H3,(H,73,74)/b24-11-/t27?,28-,29+,30-,31?,32?,33-,34+,35+,36+,37+,38+,39-,40-,41+,42+,43+,44-,45-,46+,47+,50+,51+,52+,53-,56+,57-,58-,59+/m1/s1. The normalized spacial score (nSPS) is 50.5. The van der Waals surface area contributed by atoms with Crippen LogP contribution in [0.25, 0.3) is 0 Å². The largest absolute Gasteiger partial charge is 0.479 e. The molecule has 4 aliphatic heterocycles. The predicted molar refractivity (Wildman–Crippen MR) is 288 cm³/mol. The average molecular weight is 1220 g/mol. The van der Waals surface area contributed by atoms with Crippen LogP contribution in [0.1, 0.15) is 114 Å². The maximum atomic E-state index is 13.5. The smallest absolute Gasteiger partial charge is 0.335 e. The zero-order valence-electron chi connectivity index (χ0n) is 50.0. The molecule has 0 radical (unpaired) electrons. The number of aliphatic hydroxyl groups is 12. The number of carbonyl (C=O) groups excluding carboxylic acids is 2. The Hall–Kier alpha value is -2.91. The lowest BCUT2D eigenvalue weighted by atomic mass is 9.33. The molecule has 9 aliphatic rings. The van der Waals surface area contributed by atoms with Crippen molar-refractivity contribution in [3.05, 3.63) is 23.3 Å². The molecular weight excluding hydrogens is 1120 g/mol. The highest BCUT2D eigenvalue weighted by Crippen LogP contribution is 2.76. The first-order valence-corrected chi connectivity index (χ1v) is 29.8. The number of hydrogen-bond donors (Lipinski definition) is 13. The van der Waals surface area contributed by atoms with Crippen LogP contribution in [0.2, 0.25) is 0 Å². The second kappa shape index (κ2) is 24.4. The second-order valence-electron chi connectivity index (χ2n) is 27.6. The van der Waals surface area contributed by atoms with Crippen LogP contribution in [-0.2, 0) is 61.8 Å². The summed E-state index contributed by atoms with van der Waals surface area (Å²) in [5, 5.41) is 144. The third kappa shape index (κ3) is 11.1. The number of ether oxygens (including phenoxy) is 10. The van der Waals surface area contributed by atoms with Crippen LogP contribution in [0, 0.1) is 50.2 Å². The summed E-state index contributed by atoms with van der Waals surface area (Å²) in [5.41, 5.74) is -3.17. The topological polar surface area (TPSA) is 407 Å². The molecule has 0 spiro atoms. The summed E-state index contributed by atoms with van der Waals surface area (Å²) < 4.78 is 60.9. The molecule has 0 aromatic heterocycles. The fourth-order valence-corrected chi connectivity index (χ4v) is 17.1. The number of rotatable bonds is 14. The van der Waals surface area contributed by atoms with Gasteiger partial charge in [-0.25, -0.2) is 9.59 Å². The molecule has 0 amide bonds. The molecule has 13 N–H and O–H groups in total. The van der Waals surface area contributed by atoms with Gasteiger partial charge in [0.25, 0.3) is 0 Å². The molecule has 0 aromatic rings. The Balaban J connectivity index is 1.04. The van der Waals surface area contributed by atoms with Gasteiger partial charge >= 0.3 is 17.9 Å². The van der Waals surface area contributed by atoms with Gasteiger partial charge in [0.05, 0.1) is 44.1 Å². The van der Waals surface area contributed by atoms with E-state index in [2.05, 4.69) is 26.8 Å². The van der Waals surface area contributed by atoms with Gasteiger partial charge < -0.3 is 114 Å². The van der Waals surface area contributed by atoms with Crippen LogP contribution >= 0.6 is 0 Å². The summed E-state index contributed by atoms with van der Waals surface area (Å²) in [7, 11) is 0. The summed E-state index contributed by atoms with van der Waals surface area (Å²) >= 11 is 0. The first-order chi connectivity index (χ1) is 39.7. The SMILES string of the molecule is C/C=C(/C)C(=O)O[C@H]1[C@H](OC(C)=O)[C@@]2(CO)C(CC1(C)C)C1=CCC3[C@@]4(C)CC[C@H](O[C@@H]5O[C@H](C(=O)O)[C@@H](O)[C@H](O[C@@H]6OC[C@H](O)[C@H](O)[C@H]6O[C@@H]6OC[C@@H](O)[C@H](O)[C@H]6O)[C@H]5O[C@@H]5O[C@H](CO)[C@H](O)[C@H](O)[C@H]5O)C(C)(C)C4CC[C@@]3(C)[C@]1(C)C[C@H]2O. The van der Waals surface area contributed by atoms with Crippen molar-refractivity contribution in [2.45, 2.75) is 249 Å². The van der Waals surface area contributed by atoms with E-state index in [0.717, 1.165) is 5.57 Å². The Morgan fingerprint density at radius 2 is 1.27 bits per heavy atom. The molecule has 26 nitrogen and oxygen atoms in total. The highest BCUT2D eigenvalue weighted by Gasteiger charge is 2.74. The van der Waals surface area contributed by atoms with Crippen molar-refractivity contribution >= 4 is 17.9 Å². The number of carbonyl (C=O) groups is 3. The number of allylic oxidation sites excluding steroid dienone is 3. The van der Waals surface area contributed by atoms with E-state index in [-0.39, 0.29) is 18.3 Å². The third-order valence-electron chi connectivity index (χ3n) is 22.2. The van der Waals surface area contributed by atoms with E-state index in [1.165, 1.54) is 6.92 Å². The number of carboxylic acids is 1. The van der Waals surface area contributed by atoms with Crippen molar-refractivity contribution in [3.8, 4) is 0 Å². The Morgan fingerprint density at radius 1 is 0.647 bits per heavy atom. The Labute approximate surface area is 493 Å². The van der Waals surface area contributed by atoms with Crippen LogP contribution in [0.15, 0.2) is 23.3 Å². The Bertz CT molecular complexity index is 2490. The molecule has 26 heteroatoms. The molecule has 3 unspecified atom stereocenters. The van der Waals surface area contributed by atoms with E-state index in [0.29, 0.717) is 44.1 Å². The second-order valence-corrected chi connectivity index (χ2v) is 27.6. The zero-order valence-corrected chi connectivity index (χ0v) is 50.0. The van der Waals surface area contributed by atoms with Crippen LogP contribution in [0.5, 0.6) is 0 Å². The first kappa shape index (κ1) is 66.5. The third-order valence-corrected chi connectivity index (χ3v) is 22.2. The number of carboxylic acid groups (broad SMARTS) is 1. The Kier molecular flexibility index (Phi) is 19.1. The van der Waals surface area contributed by atoms with Crippen LogP contribution < -0.4 is 0 Å². The van der Waals surface area contributed by atoms with Crippen LogP contribution in [0.3, 0.4) is 0 Å². The van der Waals surface area contributed by atoms with Crippen molar-refractivity contribution in [3.63, 3.8) is 0 Å². The summed E-state index contributed by atoms with van der Waals surface area (Å²) in [6.45, 7) is 16.7. The van der Waals surface area contributed by atoms with Crippen molar-refractivity contribution in [2.24, 2.45) is 50.2 Å². The highest BCUT2D eigenvalue weighted by atomic mass is 16.8. The van der Waals surface area contributed by atoms with Gasteiger partial charge in [-0.2, -0.15) is 0 Å². The lowest BCUT2D eigenvalue weighted by Gasteiger charge is -2.72. The van der Waals surface area contributed by atoms with E-state index in [1.54, 1.807) is 19.9 Å². The van der Waals surface area contributed by atoms with Gasteiger partial charge in [-0.05, 0) is 98.2 Å². The maximum absolute atomic E-state index is 13.5. The van der Waals surface area contributed by atoms with E-state index in [4.69, 9.17) is 47.4 Å². The molecule has 8 fully saturated rings. The molecule has 4 saturated carbocycles. The molecule has 484 valence electrons. The van der Waals surface area contributed by atoms with Gasteiger partial charge in [0.1, 0.15) is 91.6 Å². The van der Waals surface area contributed by atoms with Gasteiger partial charge in [-0.1, -0.05) is 66.2 Å². The number of fused-ring (bicyclic) bond motifs is 7. The molecule has 85 heavy (non-hydrogen) atoms. The van der Waals surface area contributed by atoms with Gasteiger partial charge in [0, 0.05) is 17.9 Å². The molecule has 4 saturated heterocycles. The fourth-order valence-electron chi connectivity index (χ4n) is 17.1. The maximum Gasteiger partial charge on any atom is 0.335 e. The minimum atomic E-state index is -2.21. The van der Waals surface area contributed by atoms with Gasteiger partial charge in [0.2, 0.25) is 0 Å². The number of hydrogen-bond acceptors (Lipinski definition) is 25. The molecule has 29 atom stereocenters. The lowest BCUT2D eigenvalue weighted by molar-refractivity contribution is -0.399. The van der Waals surface area contributed by atoms with Gasteiger partial charge in [-0.3, -0.25) is 4.79 Å². The van der Waals surface area contributed by atoms with Crippen molar-refractivity contribution < 1.29 is 128 Å². The quantitative estimate of drug-likeness (QED) is 0.0421. The summed E-state index contributed by atoms with van der Waals surface area (Å²) in [6, 6.07) is 0. The number of esters is 2. The zero-order chi connectivity index (χ0) is 62.6. The minimum absolute atomic E-state index is 0.00886. The van der Waals surface area contributed by atoms with Crippen LogP contribution in [0.4, 0.5) is 0 Å². The van der Waals surface area contributed by atoms with E-state index in [9.17, 15) is 80.8 Å². The number of aliphatic hydroxyl groups excluding tert-OH is 12. The van der Waals surface area contributed by atoms with Crippen molar-refractivity contribution in [2.75, 3.05) is 26.4 Å². The lowest BCUT2D eigenvalue weighted by Crippen LogP contribution is -2.72. The first-order valence-electron chi connectivity index (χ1n) is 29.8. The molecule has 9 rings (SSSR count). The molecule has 4 heterocycles. The molecule has 0 bridgehead atoms. The predicted octanol–water partition coefficient (Wildman–Crippen LogP) is -1.19. The molecule has 0 aromatic carbocycles. The summed E-state index contributed by atoms with van der Waals surface area (Å²) in [4.78, 5) is 39.6. The molecule has 5 aliphatic carbocycles. The van der Waals surface area contributed by atoms with Crippen LogP contribution in [-0.4, -0.2) is 246 Å². The highest BCUT2D eigenvalue weighted by molar-refractivity contribution is 5.87. The molecular formula is C59H92O26. The van der Waals surface area contributed by atoms with E-state index < -0.39 is 218 Å².